The molecule has 2 aromatic rings. The quantitative estimate of drug-likeness (QED) is 0.614. The minimum atomic E-state index is 0.00444. The second-order valence-electron chi connectivity index (χ2n) is 7.79. The monoisotopic (exact) mass is 416 g/mol. The highest BCUT2D eigenvalue weighted by Crippen LogP contribution is 2.21. The van der Waals surface area contributed by atoms with Gasteiger partial charge in [-0.3, -0.25) is 4.79 Å². The second kappa shape index (κ2) is 10.7. The average molecular weight is 417 g/mol. The molecular formula is C23H32N2O3S. The molecule has 1 aliphatic rings. The first kappa shape index (κ1) is 21.8. The van der Waals surface area contributed by atoms with Gasteiger partial charge in [0.1, 0.15) is 11.5 Å². The van der Waals surface area contributed by atoms with E-state index in [2.05, 4.69) is 24.1 Å². The first-order chi connectivity index (χ1) is 14.1. The Labute approximate surface area is 178 Å². The molecule has 0 saturated carbocycles. The van der Waals surface area contributed by atoms with Gasteiger partial charge in [-0.25, -0.2) is 0 Å². The first-order valence-electron chi connectivity index (χ1n) is 10.3. The molecule has 1 aliphatic heterocycles. The normalized spacial score (nSPS) is 15.4. The number of furan rings is 1. The third-order valence-electron chi connectivity index (χ3n) is 5.59. The van der Waals surface area contributed by atoms with Crippen molar-refractivity contribution in [3.63, 3.8) is 0 Å². The molecule has 6 heteroatoms. The molecule has 0 spiro atoms. The van der Waals surface area contributed by atoms with Crippen molar-refractivity contribution in [2.24, 2.45) is 5.92 Å². The Morgan fingerprint density at radius 1 is 1.21 bits per heavy atom. The smallest absolute Gasteiger partial charge is 0.289 e. The van der Waals surface area contributed by atoms with E-state index in [-0.39, 0.29) is 5.91 Å². The second-order valence-corrected chi connectivity index (χ2v) is 8.66. The van der Waals surface area contributed by atoms with Gasteiger partial charge in [-0.1, -0.05) is 12.1 Å². The molecule has 3 rings (SSSR count). The molecule has 1 saturated heterocycles. The lowest BCUT2D eigenvalue weighted by molar-refractivity contribution is 0.0667. The number of carbonyl (C=O) groups excluding carboxylic acids is 1. The van der Waals surface area contributed by atoms with E-state index in [1.807, 2.05) is 35.4 Å². The minimum Gasteiger partial charge on any atom is -0.497 e. The number of thioether (sulfide) groups is 1. The van der Waals surface area contributed by atoms with E-state index in [1.54, 1.807) is 18.9 Å². The lowest BCUT2D eigenvalue weighted by Crippen LogP contribution is -2.40. The Kier molecular flexibility index (Phi) is 8.07. The van der Waals surface area contributed by atoms with Crippen LogP contribution in [0.15, 0.2) is 40.8 Å². The standard InChI is InChI=1S/C23H32N2O3S/c1-24-13-10-19(11-14-24)16-25(15-12-18-4-6-20(27-2)7-5-18)23(26)22-9-8-21(28-22)17-29-3/h4-9,19H,10-17H2,1-3H3. The van der Waals surface area contributed by atoms with Crippen LogP contribution in [0, 0.1) is 5.92 Å². The summed E-state index contributed by atoms with van der Waals surface area (Å²) in [4.78, 5) is 17.6. The summed E-state index contributed by atoms with van der Waals surface area (Å²) in [5.41, 5.74) is 1.20. The van der Waals surface area contributed by atoms with Crippen molar-refractivity contribution in [3.8, 4) is 5.75 Å². The fourth-order valence-corrected chi connectivity index (χ4v) is 4.20. The van der Waals surface area contributed by atoms with Crippen molar-refractivity contribution < 1.29 is 13.9 Å². The van der Waals surface area contributed by atoms with Crippen molar-refractivity contribution >= 4 is 17.7 Å². The predicted octanol–water partition coefficient (Wildman–Crippen LogP) is 4.18. The molecule has 158 valence electrons. The molecule has 0 N–H and O–H groups in total. The molecule has 0 unspecified atom stereocenters. The number of methoxy groups -OCH3 is 1. The van der Waals surface area contributed by atoms with E-state index < -0.39 is 0 Å². The summed E-state index contributed by atoms with van der Waals surface area (Å²) in [6.07, 6.45) is 5.13. The number of rotatable bonds is 9. The molecular weight excluding hydrogens is 384 g/mol. The SMILES string of the molecule is COc1ccc(CCN(CC2CCN(C)CC2)C(=O)c2ccc(CSC)o2)cc1. The summed E-state index contributed by atoms with van der Waals surface area (Å²) < 4.78 is 11.1. The molecule has 29 heavy (non-hydrogen) atoms. The number of hydrogen-bond acceptors (Lipinski definition) is 5. The highest BCUT2D eigenvalue weighted by Gasteiger charge is 2.25. The van der Waals surface area contributed by atoms with Gasteiger partial charge in [-0.2, -0.15) is 11.8 Å². The summed E-state index contributed by atoms with van der Waals surface area (Å²) in [7, 11) is 3.84. The summed E-state index contributed by atoms with van der Waals surface area (Å²) in [6.45, 7) is 3.69. The van der Waals surface area contributed by atoms with Gasteiger partial charge in [-0.15, -0.1) is 0 Å². The molecule has 1 fully saturated rings. The van der Waals surface area contributed by atoms with Crippen LogP contribution in [0.25, 0.3) is 0 Å². The number of nitrogens with zero attached hydrogens (tertiary/aromatic N) is 2. The Hall–Kier alpha value is -1.92. The van der Waals surface area contributed by atoms with Crippen molar-refractivity contribution in [1.82, 2.24) is 9.80 Å². The van der Waals surface area contributed by atoms with Gasteiger partial charge >= 0.3 is 0 Å². The third-order valence-corrected chi connectivity index (χ3v) is 6.17. The largest absolute Gasteiger partial charge is 0.497 e. The van der Waals surface area contributed by atoms with Gasteiger partial charge in [0.05, 0.1) is 12.9 Å². The van der Waals surface area contributed by atoms with Gasteiger partial charge < -0.3 is 19.0 Å². The maximum absolute atomic E-state index is 13.2. The highest BCUT2D eigenvalue weighted by atomic mass is 32.2. The molecule has 2 heterocycles. The Balaban J connectivity index is 1.68. The van der Waals surface area contributed by atoms with Crippen LogP contribution in [-0.2, 0) is 12.2 Å². The molecule has 0 aliphatic carbocycles. The topological polar surface area (TPSA) is 45.9 Å². The lowest BCUT2D eigenvalue weighted by Gasteiger charge is -2.33. The van der Waals surface area contributed by atoms with E-state index in [9.17, 15) is 4.79 Å². The van der Waals surface area contributed by atoms with Crippen molar-refractivity contribution in [1.29, 1.82) is 0 Å². The Bertz CT molecular complexity index is 767. The van der Waals surface area contributed by atoms with Crippen molar-refractivity contribution in [3.05, 3.63) is 53.5 Å². The van der Waals surface area contributed by atoms with Crippen LogP contribution in [0.4, 0.5) is 0 Å². The average Bonchev–Trinajstić information content (AvgIpc) is 3.21. The summed E-state index contributed by atoms with van der Waals surface area (Å²) >= 11 is 1.69. The lowest BCUT2D eigenvalue weighted by atomic mass is 9.96. The van der Waals surface area contributed by atoms with Gasteiger partial charge in [0.15, 0.2) is 5.76 Å². The number of likely N-dealkylation sites (tertiary alicyclic amines) is 1. The van der Waals surface area contributed by atoms with Crippen LogP contribution < -0.4 is 4.74 Å². The van der Waals surface area contributed by atoms with E-state index in [4.69, 9.17) is 9.15 Å². The molecule has 0 atom stereocenters. The van der Waals surface area contributed by atoms with E-state index in [1.165, 1.54) is 5.56 Å². The fourth-order valence-electron chi connectivity index (χ4n) is 3.76. The highest BCUT2D eigenvalue weighted by molar-refractivity contribution is 7.97. The zero-order valence-electron chi connectivity index (χ0n) is 17.7. The third kappa shape index (κ3) is 6.28. The minimum absolute atomic E-state index is 0.00444. The number of hydrogen-bond donors (Lipinski definition) is 0. The number of carbonyl (C=O) groups is 1. The zero-order chi connectivity index (χ0) is 20.6. The van der Waals surface area contributed by atoms with Crippen LogP contribution >= 0.6 is 11.8 Å². The van der Waals surface area contributed by atoms with E-state index >= 15 is 0 Å². The summed E-state index contributed by atoms with van der Waals surface area (Å²) in [5, 5.41) is 0. The maximum atomic E-state index is 13.2. The van der Waals surface area contributed by atoms with Gasteiger partial charge in [0.25, 0.3) is 5.91 Å². The molecule has 1 amide bonds. The van der Waals surface area contributed by atoms with Crippen molar-refractivity contribution in [2.45, 2.75) is 25.0 Å². The molecule has 1 aromatic carbocycles. The molecule has 0 bridgehead atoms. The molecule has 5 nitrogen and oxygen atoms in total. The Morgan fingerprint density at radius 3 is 2.59 bits per heavy atom. The summed E-state index contributed by atoms with van der Waals surface area (Å²) in [6, 6.07) is 11.8. The number of piperidine rings is 1. The number of ether oxygens (including phenoxy) is 1. The maximum Gasteiger partial charge on any atom is 0.289 e. The van der Waals surface area contributed by atoms with E-state index in [0.29, 0.717) is 18.2 Å². The molecule has 0 radical (unpaired) electrons. The van der Waals surface area contributed by atoms with E-state index in [0.717, 1.165) is 56.2 Å². The number of amides is 1. The van der Waals surface area contributed by atoms with Crippen LogP contribution in [0.1, 0.15) is 34.7 Å². The van der Waals surface area contributed by atoms with Crippen LogP contribution in [0.3, 0.4) is 0 Å². The van der Waals surface area contributed by atoms with Gasteiger partial charge in [0.2, 0.25) is 0 Å². The Morgan fingerprint density at radius 2 is 1.93 bits per heavy atom. The summed E-state index contributed by atoms with van der Waals surface area (Å²) in [5.74, 6) is 3.50. The number of benzene rings is 1. The van der Waals surface area contributed by atoms with Crippen molar-refractivity contribution in [2.75, 3.05) is 46.6 Å². The molecule has 1 aromatic heterocycles. The first-order valence-corrected chi connectivity index (χ1v) is 11.7. The predicted molar refractivity (Wildman–Crippen MR) is 119 cm³/mol. The van der Waals surface area contributed by atoms with Crippen LogP contribution in [-0.4, -0.2) is 62.3 Å². The van der Waals surface area contributed by atoms with Crippen LogP contribution in [0.5, 0.6) is 5.75 Å². The van der Waals surface area contributed by atoms with Gasteiger partial charge in [0, 0.05) is 13.1 Å². The van der Waals surface area contributed by atoms with Crippen LogP contribution in [0.2, 0.25) is 0 Å². The zero-order valence-corrected chi connectivity index (χ0v) is 18.5. The van der Waals surface area contributed by atoms with Gasteiger partial charge in [-0.05, 0) is 81.4 Å². The fraction of sp³-hybridized carbons (Fsp3) is 0.522.